The summed E-state index contributed by atoms with van der Waals surface area (Å²) in [6.45, 7) is 0. The highest BCUT2D eigenvalue weighted by molar-refractivity contribution is 9.12. The fourth-order valence-electron chi connectivity index (χ4n) is 4.32. The van der Waals surface area contributed by atoms with Gasteiger partial charge in [0, 0.05) is 21.5 Å². The molecule has 2 aromatic rings. The maximum absolute atomic E-state index is 12.9. The molecular formula is C16H13Br2N3O2. The molecule has 0 amide bonds. The van der Waals surface area contributed by atoms with E-state index in [9.17, 15) is 9.59 Å². The van der Waals surface area contributed by atoms with Crippen LogP contribution in [-0.2, 0) is 0 Å². The van der Waals surface area contributed by atoms with Gasteiger partial charge in [-0.05, 0) is 12.1 Å². The lowest BCUT2D eigenvalue weighted by Gasteiger charge is -2.57. The molecule has 2 aliphatic heterocycles. The highest BCUT2D eigenvalue weighted by Crippen LogP contribution is 2.59. The summed E-state index contributed by atoms with van der Waals surface area (Å²) in [6.07, 6.45) is 4.16. The number of benzene rings is 1. The average molecular weight is 439 g/mol. The Kier molecular flexibility index (Phi) is 2.81. The van der Waals surface area contributed by atoms with Gasteiger partial charge in [-0.2, -0.15) is 0 Å². The molecule has 3 heterocycles. The van der Waals surface area contributed by atoms with Crippen LogP contribution in [0.1, 0.15) is 12.1 Å². The van der Waals surface area contributed by atoms with Crippen molar-refractivity contribution in [2.75, 3.05) is 0 Å². The normalized spacial score (nSPS) is 36.4. The molecule has 23 heavy (non-hydrogen) atoms. The summed E-state index contributed by atoms with van der Waals surface area (Å²) in [4.78, 5) is 26.5. The fourth-order valence-corrected chi connectivity index (χ4v) is 6.36. The molecule has 5 nitrogen and oxygen atoms in total. The predicted octanol–water partition coefficient (Wildman–Crippen LogP) is 2.24. The zero-order valence-electron chi connectivity index (χ0n) is 11.9. The number of alkyl halides is 2. The molecule has 0 saturated heterocycles. The Labute approximate surface area is 148 Å². The van der Waals surface area contributed by atoms with Gasteiger partial charge < -0.3 is 0 Å². The van der Waals surface area contributed by atoms with Gasteiger partial charge in [0.05, 0.1) is 17.8 Å². The van der Waals surface area contributed by atoms with Crippen LogP contribution in [0.25, 0.3) is 5.69 Å². The van der Waals surface area contributed by atoms with Crippen LogP contribution in [0.5, 0.6) is 0 Å². The van der Waals surface area contributed by atoms with E-state index in [0.29, 0.717) is 27.2 Å². The molecule has 1 aromatic carbocycles. The number of rotatable bonds is 1. The summed E-state index contributed by atoms with van der Waals surface area (Å²) in [5.41, 5.74) is 0.114. The molecule has 0 unspecified atom stereocenters. The van der Waals surface area contributed by atoms with Crippen molar-refractivity contribution >= 4 is 31.9 Å². The van der Waals surface area contributed by atoms with E-state index in [1.165, 1.54) is 4.57 Å². The molecule has 118 valence electrons. The minimum Gasteiger partial charge on any atom is -0.245 e. The van der Waals surface area contributed by atoms with E-state index in [1.807, 2.05) is 18.2 Å². The first-order valence-corrected chi connectivity index (χ1v) is 9.42. The number of hydrogen-bond donors (Lipinski definition) is 0. The van der Waals surface area contributed by atoms with Crippen LogP contribution < -0.4 is 11.4 Å². The van der Waals surface area contributed by atoms with Crippen LogP contribution >= 0.6 is 31.9 Å². The van der Waals surface area contributed by atoms with E-state index in [0.717, 1.165) is 0 Å². The van der Waals surface area contributed by atoms with Crippen molar-refractivity contribution in [2.45, 2.75) is 21.7 Å². The molecular weight excluding hydrogens is 426 g/mol. The molecule has 0 radical (unpaired) electrons. The lowest BCUT2D eigenvalue weighted by molar-refractivity contribution is 0.0346. The van der Waals surface area contributed by atoms with Gasteiger partial charge in [0.1, 0.15) is 0 Å². The lowest BCUT2D eigenvalue weighted by atomic mass is 9.62. The Bertz CT molecular complexity index is 887. The summed E-state index contributed by atoms with van der Waals surface area (Å²) in [5.74, 6) is 0.691. The topological polar surface area (TPSA) is 48.9 Å². The Morgan fingerprint density at radius 1 is 0.783 bits per heavy atom. The maximum atomic E-state index is 12.9. The third kappa shape index (κ3) is 1.57. The molecule has 2 aliphatic carbocycles. The Balaban J connectivity index is 1.78. The van der Waals surface area contributed by atoms with E-state index >= 15 is 0 Å². The third-order valence-electron chi connectivity index (χ3n) is 5.36. The average Bonchev–Trinajstić information content (AvgIpc) is 2.87. The summed E-state index contributed by atoms with van der Waals surface area (Å²) in [7, 11) is 0. The van der Waals surface area contributed by atoms with Crippen molar-refractivity contribution in [1.82, 2.24) is 13.9 Å². The molecule has 0 spiro atoms. The van der Waals surface area contributed by atoms with Crippen molar-refractivity contribution in [1.29, 1.82) is 0 Å². The molecule has 7 heteroatoms. The van der Waals surface area contributed by atoms with Crippen LogP contribution in [-0.4, -0.2) is 23.6 Å². The minimum atomic E-state index is -0.253. The van der Waals surface area contributed by atoms with Crippen LogP contribution in [0.2, 0.25) is 0 Å². The second-order valence-electron chi connectivity index (χ2n) is 6.33. The molecule has 1 aromatic heterocycles. The van der Waals surface area contributed by atoms with Crippen LogP contribution in [0, 0.1) is 11.8 Å². The van der Waals surface area contributed by atoms with E-state index < -0.39 is 0 Å². The lowest BCUT2D eigenvalue weighted by Crippen LogP contribution is -2.63. The molecule has 1 saturated carbocycles. The van der Waals surface area contributed by atoms with Crippen molar-refractivity contribution < 1.29 is 0 Å². The van der Waals surface area contributed by atoms with Gasteiger partial charge in [-0.1, -0.05) is 62.2 Å². The van der Waals surface area contributed by atoms with Crippen molar-refractivity contribution in [3.05, 3.63) is 63.5 Å². The zero-order valence-corrected chi connectivity index (χ0v) is 15.1. The highest BCUT2D eigenvalue weighted by atomic mass is 79.9. The number of aromatic nitrogens is 3. The van der Waals surface area contributed by atoms with Gasteiger partial charge in [0.2, 0.25) is 0 Å². The molecule has 0 N–H and O–H groups in total. The van der Waals surface area contributed by atoms with Gasteiger partial charge >= 0.3 is 11.4 Å². The molecule has 6 rings (SSSR count). The van der Waals surface area contributed by atoms with E-state index in [1.54, 1.807) is 21.5 Å². The van der Waals surface area contributed by atoms with Gasteiger partial charge in [-0.15, -0.1) is 0 Å². The van der Waals surface area contributed by atoms with Crippen molar-refractivity contribution in [2.24, 2.45) is 11.8 Å². The number of allylic oxidation sites excluding steroid dienone is 2. The van der Waals surface area contributed by atoms with E-state index in [2.05, 4.69) is 44.0 Å². The van der Waals surface area contributed by atoms with Crippen molar-refractivity contribution in [3.8, 4) is 5.69 Å². The van der Waals surface area contributed by atoms with Crippen LogP contribution in [0.15, 0.2) is 52.1 Å². The first-order valence-electron chi connectivity index (χ1n) is 7.59. The van der Waals surface area contributed by atoms with E-state index in [4.69, 9.17) is 0 Å². The zero-order chi connectivity index (χ0) is 15.9. The van der Waals surface area contributed by atoms with Gasteiger partial charge in [0.25, 0.3) is 0 Å². The summed E-state index contributed by atoms with van der Waals surface area (Å²) in [6, 6.07) is 9.00. The first-order chi connectivity index (χ1) is 11.1. The number of para-hydroxylation sites is 1. The van der Waals surface area contributed by atoms with Gasteiger partial charge in [-0.25, -0.2) is 23.5 Å². The quantitative estimate of drug-likeness (QED) is 0.506. The second kappa shape index (κ2) is 4.60. The molecule has 6 atom stereocenters. The molecule has 2 bridgehead atoms. The van der Waals surface area contributed by atoms with E-state index in [-0.39, 0.29) is 23.5 Å². The van der Waals surface area contributed by atoms with Crippen LogP contribution in [0.3, 0.4) is 0 Å². The molecule has 1 fully saturated rings. The maximum Gasteiger partial charge on any atom is 0.352 e. The molecule has 4 aliphatic rings. The number of nitrogens with zero attached hydrogens (tertiary/aromatic N) is 3. The Morgan fingerprint density at radius 2 is 1.26 bits per heavy atom. The van der Waals surface area contributed by atoms with Gasteiger partial charge in [0.15, 0.2) is 0 Å². The summed E-state index contributed by atoms with van der Waals surface area (Å²) in [5, 5.41) is 0. The largest absolute Gasteiger partial charge is 0.352 e. The highest BCUT2D eigenvalue weighted by Gasteiger charge is 2.60. The number of hydrogen-bond acceptors (Lipinski definition) is 2. The smallest absolute Gasteiger partial charge is 0.245 e. The minimum absolute atomic E-state index is 0.0617. The monoisotopic (exact) mass is 437 g/mol. The fraction of sp³-hybridized carbons (Fsp3) is 0.375. The Hall–Kier alpha value is -1.34. The SMILES string of the molecule is O=c1n(-c2ccccc2)c(=O)n2n1[C@H]1C=C[C@H]2[C@H]2[C@H](Br)[C@@H](Br)[C@H]21. The number of halogens is 2. The summed E-state index contributed by atoms with van der Waals surface area (Å²) >= 11 is 7.45. The van der Waals surface area contributed by atoms with Crippen molar-refractivity contribution in [3.63, 3.8) is 0 Å². The first kappa shape index (κ1) is 14.0. The second-order valence-corrected chi connectivity index (χ2v) is 8.45. The van der Waals surface area contributed by atoms with Crippen LogP contribution in [0.4, 0.5) is 0 Å². The summed E-state index contributed by atoms with van der Waals surface area (Å²) < 4.78 is 4.58. The van der Waals surface area contributed by atoms with Gasteiger partial charge in [-0.3, -0.25) is 0 Å². The third-order valence-corrected chi connectivity index (χ3v) is 8.43. The standard InChI is InChI=1S/C16H13Br2N3O2/c17-13-11-9-6-7-10(12(11)14(13)18)21-16(23)19(15(22)20(9)21)8-4-2-1-3-5-8/h1-7,9-14H/t9-,10-,11-,12+,13-,14-/m0/s1. The predicted molar refractivity (Wildman–Crippen MR) is 93.9 cm³/mol. The Morgan fingerprint density at radius 3 is 1.74 bits per heavy atom.